The number of nitrogens with one attached hydrogen (secondary N) is 1. The van der Waals surface area contributed by atoms with Crippen molar-refractivity contribution < 1.29 is 89.4 Å². The minimum Gasteiger partial charge on any atom is -0.394 e. The number of hydrogen-bond donors (Lipinski definition) is 12. The Morgan fingerprint density at radius 2 is 0.908 bits per heavy atom. The van der Waals surface area contributed by atoms with Crippen LogP contribution in [0.4, 0.5) is 0 Å². The number of hydrogen-bond acceptors (Lipinski definition) is 18. The summed E-state index contributed by atoms with van der Waals surface area (Å²) in [6, 6.07) is -0.978. The summed E-state index contributed by atoms with van der Waals surface area (Å²) in [6.45, 7) is 1.38. The van der Waals surface area contributed by atoms with Gasteiger partial charge in [-0.3, -0.25) is 4.79 Å². The average Bonchev–Trinajstić information content (AvgIpc) is 3.42. The fraction of sp³-hybridized carbons (Fsp3) is 0.737. The van der Waals surface area contributed by atoms with Gasteiger partial charge in [-0.2, -0.15) is 0 Å². The van der Waals surface area contributed by atoms with Crippen molar-refractivity contribution in [2.24, 2.45) is 0 Å². The van der Waals surface area contributed by atoms with Crippen LogP contribution in [0.15, 0.2) is 85.1 Å². The van der Waals surface area contributed by atoms with Gasteiger partial charge in [0.2, 0.25) is 5.91 Å². The number of ether oxygens (including phenoxy) is 6. The Morgan fingerprint density at radius 1 is 0.487 bits per heavy atom. The Morgan fingerprint density at radius 3 is 1.41 bits per heavy atom. The zero-order chi connectivity index (χ0) is 55.5. The molecule has 3 aliphatic rings. The molecule has 0 aromatic carbocycles. The topological polar surface area (TPSA) is 307 Å². The molecule has 19 nitrogen and oxygen atoms in total. The highest BCUT2D eigenvalue weighted by atomic mass is 16.8. The first-order valence-electron chi connectivity index (χ1n) is 27.8. The van der Waals surface area contributed by atoms with Gasteiger partial charge in [0.1, 0.15) is 73.2 Å². The van der Waals surface area contributed by atoms with Gasteiger partial charge >= 0.3 is 0 Å². The van der Waals surface area contributed by atoms with E-state index in [0.29, 0.717) is 12.8 Å². The highest BCUT2D eigenvalue weighted by Crippen LogP contribution is 2.33. The lowest BCUT2D eigenvalue weighted by atomic mass is 9.96. The van der Waals surface area contributed by atoms with E-state index in [1.54, 1.807) is 6.08 Å². The third kappa shape index (κ3) is 24.5. The minimum absolute atomic E-state index is 0.225. The average molecular weight is 1080 g/mol. The molecule has 0 spiro atoms. The van der Waals surface area contributed by atoms with Crippen molar-refractivity contribution in [1.82, 2.24) is 5.32 Å². The predicted octanol–water partition coefficient (Wildman–Crippen LogP) is 3.64. The van der Waals surface area contributed by atoms with Gasteiger partial charge in [0.15, 0.2) is 18.9 Å². The van der Waals surface area contributed by atoms with Gasteiger partial charge in [-0.1, -0.05) is 150 Å². The molecule has 0 saturated carbocycles. The van der Waals surface area contributed by atoms with Gasteiger partial charge in [0.05, 0.1) is 38.6 Å². The Labute approximate surface area is 450 Å². The first-order chi connectivity index (χ1) is 36.8. The van der Waals surface area contributed by atoms with Crippen molar-refractivity contribution in [3.05, 3.63) is 85.1 Å². The van der Waals surface area contributed by atoms with E-state index in [4.69, 9.17) is 28.4 Å². The molecule has 0 aromatic rings. The summed E-state index contributed by atoms with van der Waals surface area (Å²) in [6.07, 6.45) is 21.0. The Bertz CT molecular complexity index is 1720. The van der Waals surface area contributed by atoms with E-state index in [1.165, 1.54) is 12.8 Å². The van der Waals surface area contributed by atoms with Crippen LogP contribution in [0.2, 0.25) is 0 Å². The molecular formula is C57H95NO18. The second-order valence-corrected chi connectivity index (χ2v) is 19.7. The van der Waals surface area contributed by atoms with Gasteiger partial charge in [-0.25, -0.2) is 0 Å². The first-order valence-corrected chi connectivity index (χ1v) is 27.8. The summed E-state index contributed by atoms with van der Waals surface area (Å²) >= 11 is 0. The summed E-state index contributed by atoms with van der Waals surface area (Å²) < 4.78 is 34.0. The first kappa shape index (κ1) is 67.2. The lowest BCUT2D eigenvalue weighted by molar-refractivity contribution is -0.379. The number of aliphatic hydroxyl groups excluding tert-OH is 11. The molecule has 3 rings (SSSR count). The third-order valence-corrected chi connectivity index (χ3v) is 13.4. The maximum atomic E-state index is 13.1. The van der Waals surface area contributed by atoms with Crippen LogP contribution >= 0.6 is 0 Å². The van der Waals surface area contributed by atoms with Crippen LogP contribution in [0, 0.1) is 0 Å². The van der Waals surface area contributed by atoms with E-state index < -0.39 is 124 Å². The van der Waals surface area contributed by atoms with Crippen LogP contribution in [0.1, 0.15) is 136 Å². The van der Waals surface area contributed by atoms with Gasteiger partial charge < -0.3 is 89.9 Å². The monoisotopic (exact) mass is 1080 g/mol. The van der Waals surface area contributed by atoms with Gasteiger partial charge in [0, 0.05) is 6.42 Å². The number of carbonyl (C=O) groups excluding carboxylic acids is 1. The van der Waals surface area contributed by atoms with E-state index >= 15 is 0 Å². The standard InChI is InChI=1S/C57H95NO18/c1-3-5-7-9-10-11-12-13-14-15-16-17-18-19-20-21-22-23-24-25-26-27-28-29-30-31-33-35-45(63)58-40(41(62)34-32-8-6-4-2)39-71-55-51(69)48(66)53(43(37-60)73-55)76-57-52(70)49(67)54(44(38-61)74-57)75-56-50(68)47(65)46(64)42(36-59)72-56/h5,7,10-11,13-14,16-17,19-20,22-23,32,34,40-44,46-57,59-62,64-70H,3-4,6,8-9,12,15,18,21,24-31,33,35-39H2,1-2H3,(H,58,63)/b7-5-,11-10-,14-13-,17-16-,20-19-,23-22-,34-32+. The second kappa shape index (κ2) is 40.2. The van der Waals surface area contributed by atoms with Crippen molar-refractivity contribution in [1.29, 1.82) is 0 Å². The maximum Gasteiger partial charge on any atom is 0.220 e. The molecule has 436 valence electrons. The predicted molar refractivity (Wildman–Crippen MR) is 286 cm³/mol. The smallest absolute Gasteiger partial charge is 0.220 e. The number of allylic oxidation sites excluding steroid dienone is 13. The second-order valence-electron chi connectivity index (χ2n) is 19.7. The molecule has 0 aromatic heterocycles. The van der Waals surface area contributed by atoms with Crippen LogP contribution < -0.4 is 5.32 Å². The summed E-state index contributed by atoms with van der Waals surface area (Å²) in [5.74, 6) is -0.300. The molecule has 0 bridgehead atoms. The van der Waals surface area contributed by atoms with Crippen molar-refractivity contribution in [3.63, 3.8) is 0 Å². The quantitative estimate of drug-likeness (QED) is 0.0310. The molecule has 76 heavy (non-hydrogen) atoms. The molecule has 0 radical (unpaired) electrons. The van der Waals surface area contributed by atoms with E-state index in [0.717, 1.165) is 89.9 Å². The Hall–Kier alpha value is -3.03. The van der Waals surface area contributed by atoms with Crippen molar-refractivity contribution >= 4 is 5.91 Å². The normalized spacial score (nSPS) is 31.6. The summed E-state index contributed by atoms with van der Waals surface area (Å²) in [4.78, 5) is 13.1. The molecular weight excluding hydrogens is 987 g/mol. The molecule has 3 fully saturated rings. The fourth-order valence-corrected chi connectivity index (χ4v) is 8.82. The Balaban J connectivity index is 1.37. The van der Waals surface area contributed by atoms with Gasteiger partial charge in [-0.05, 0) is 64.2 Å². The zero-order valence-electron chi connectivity index (χ0n) is 44.9. The van der Waals surface area contributed by atoms with Gasteiger partial charge in [-0.15, -0.1) is 0 Å². The van der Waals surface area contributed by atoms with Crippen LogP contribution in [-0.2, 0) is 33.2 Å². The molecule has 1 amide bonds. The lowest BCUT2D eigenvalue weighted by Gasteiger charge is -2.48. The molecule has 17 unspecified atom stereocenters. The van der Waals surface area contributed by atoms with E-state index in [9.17, 15) is 61.0 Å². The van der Waals surface area contributed by atoms with Crippen molar-refractivity contribution in [3.8, 4) is 0 Å². The highest BCUT2D eigenvalue weighted by molar-refractivity contribution is 5.76. The molecule has 3 saturated heterocycles. The molecule has 19 heteroatoms. The third-order valence-electron chi connectivity index (χ3n) is 13.4. The van der Waals surface area contributed by atoms with Gasteiger partial charge in [0.25, 0.3) is 0 Å². The number of rotatable bonds is 38. The lowest BCUT2D eigenvalue weighted by Crippen LogP contribution is -2.66. The minimum atomic E-state index is -1.98. The van der Waals surface area contributed by atoms with E-state index in [-0.39, 0.29) is 18.9 Å². The van der Waals surface area contributed by atoms with Crippen LogP contribution in [-0.4, -0.2) is 193 Å². The van der Waals surface area contributed by atoms with E-state index in [1.807, 2.05) is 13.0 Å². The fourth-order valence-electron chi connectivity index (χ4n) is 8.82. The summed E-state index contributed by atoms with van der Waals surface area (Å²) in [7, 11) is 0. The summed E-state index contributed by atoms with van der Waals surface area (Å²) in [5.41, 5.74) is 0. The number of amides is 1. The molecule has 12 N–H and O–H groups in total. The molecule has 0 aliphatic carbocycles. The Kier molecular flexibility index (Phi) is 35.6. The van der Waals surface area contributed by atoms with Crippen LogP contribution in [0.5, 0.6) is 0 Å². The maximum absolute atomic E-state index is 13.1. The number of unbranched alkanes of at least 4 members (excludes halogenated alkanes) is 10. The molecule has 3 aliphatic heterocycles. The summed E-state index contributed by atoms with van der Waals surface area (Å²) in [5, 5.41) is 119. The van der Waals surface area contributed by atoms with Crippen LogP contribution in [0.3, 0.4) is 0 Å². The SMILES string of the molecule is CC/C=C\C/C=C\C/C=C\C/C=C\C/C=C\C/C=C\CCCCCCCCCCC(=O)NC(COC1OC(CO)C(OC2OC(CO)C(OC3OC(CO)C(O)C(O)C3O)C(O)C2O)C(O)C1O)C(O)/C=C/CCCC. The number of aliphatic hydroxyl groups is 11. The molecule has 3 heterocycles. The molecule has 17 atom stereocenters. The zero-order valence-corrected chi connectivity index (χ0v) is 44.9. The van der Waals surface area contributed by atoms with Crippen molar-refractivity contribution in [2.45, 2.75) is 240 Å². The number of carbonyl (C=O) groups is 1. The highest BCUT2D eigenvalue weighted by Gasteiger charge is 2.53. The largest absolute Gasteiger partial charge is 0.394 e. The van der Waals surface area contributed by atoms with E-state index in [2.05, 4.69) is 85.2 Å². The van der Waals surface area contributed by atoms with Crippen molar-refractivity contribution in [2.75, 3.05) is 26.4 Å². The van der Waals surface area contributed by atoms with Crippen LogP contribution in [0.25, 0.3) is 0 Å².